The van der Waals surface area contributed by atoms with Crippen LogP contribution in [0.15, 0.2) is 30.7 Å². The number of nitrogens with zero attached hydrogens (tertiary/aromatic N) is 4. The normalized spacial score (nSPS) is 15.3. The Kier molecular flexibility index (Phi) is 6.50. The molecule has 1 aromatic carbocycles. The Balaban J connectivity index is 1.49. The van der Waals surface area contributed by atoms with Gasteiger partial charge in [0.1, 0.15) is 11.9 Å². The third kappa shape index (κ3) is 4.72. The quantitative estimate of drug-likeness (QED) is 0.327. The third-order valence-corrected chi connectivity index (χ3v) is 7.63. The zero-order valence-corrected chi connectivity index (χ0v) is 23.2. The first-order valence-electron chi connectivity index (χ1n) is 13.5. The van der Waals surface area contributed by atoms with Crippen LogP contribution in [0.3, 0.4) is 0 Å². The minimum absolute atomic E-state index is 0.204. The fourth-order valence-corrected chi connectivity index (χ4v) is 5.80. The Hall–Kier alpha value is -3.35. The Morgan fingerprint density at radius 1 is 1.22 bits per heavy atom. The van der Waals surface area contributed by atoms with Gasteiger partial charge in [0.2, 0.25) is 0 Å². The molecule has 4 heterocycles. The zero-order valence-electron chi connectivity index (χ0n) is 23.2. The summed E-state index contributed by atoms with van der Waals surface area (Å²) in [6.07, 6.45) is 6.34. The van der Waals surface area contributed by atoms with Gasteiger partial charge in [0.25, 0.3) is 0 Å². The van der Waals surface area contributed by atoms with E-state index in [-0.39, 0.29) is 6.09 Å². The highest BCUT2D eigenvalue weighted by atomic mass is 16.6. The number of piperidine rings is 1. The van der Waals surface area contributed by atoms with E-state index >= 15 is 0 Å². The number of amides is 1. The van der Waals surface area contributed by atoms with Crippen LogP contribution in [0.5, 0.6) is 0 Å². The summed E-state index contributed by atoms with van der Waals surface area (Å²) in [6, 6.07) is 6.86. The summed E-state index contributed by atoms with van der Waals surface area (Å²) in [6.45, 7) is 16.1. The maximum atomic E-state index is 12.5. The molecular formula is C30H39N5O2. The van der Waals surface area contributed by atoms with Gasteiger partial charge in [-0.2, -0.15) is 5.10 Å². The number of rotatable bonds is 4. The second-order valence-corrected chi connectivity index (χ2v) is 11.6. The molecule has 4 aromatic rings. The number of aryl methyl sites for hydroxylation is 1. The van der Waals surface area contributed by atoms with Crippen LogP contribution in [-0.2, 0) is 11.2 Å². The molecule has 3 aromatic heterocycles. The van der Waals surface area contributed by atoms with Crippen LogP contribution < -0.4 is 0 Å². The van der Waals surface area contributed by atoms with Crippen LogP contribution in [0.25, 0.3) is 27.8 Å². The van der Waals surface area contributed by atoms with E-state index in [4.69, 9.17) is 4.74 Å². The van der Waals surface area contributed by atoms with Gasteiger partial charge in [-0.3, -0.25) is 0 Å². The highest BCUT2D eigenvalue weighted by molar-refractivity contribution is 5.92. The number of hydrogen-bond donors (Lipinski definition) is 1. The van der Waals surface area contributed by atoms with Crippen molar-refractivity contribution in [1.82, 2.24) is 24.5 Å². The standard InChI is InChI=1S/C30H39N5O2/c1-8-22-19(4)24(16-35-28(22)31-17-32-35)27-26(18(2)3)23-15-21(9-10-25(23)33-27)20-11-13-34(14-12-20)29(36)37-30(5,6)7/h9-10,15-18,20,33H,8,11-14H2,1-7H3. The van der Waals surface area contributed by atoms with Crippen LogP contribution in [0.4, 0.5) is 4.79 Å². The molecule has 5 rings (SSSR count). The van der Waals surface area contributed by atoms with E-state index in [1.165, 1.54) is 38.9 Å². The van der Waals surface area contributed by atoms with Crippen LogP contribution in [0.2, 0.25) is 0 Å². The molecule has 0 bridgehead atoms. The number of carbonyl (C=O) groups excluding carboxylic acids is 1. The molecule has 0 aliphatic carbocycles. The molecule has 7 nitrogen and oxygen atoms in total. The number of fused-ring (bicyclic) bond motifs is 2. The number of carbonyl (C=O) groups is 1. The average Bonchev–Trinajstić information content (AvgIpc) is 3.46. The topological polar surface area (TPSA) is 75.5 Å². The average molecular weight is 502 g/mol. The van der Waals surface area contributed by atoms with Gasteiger partial charge in [-0.05, 0) is 87.6 Å². The van der Waals surface area contributed by atoms with E-state index in [1.807, 2.05) is 30.2 Å². The van der Waals surface area contributed by atoms with Crippen molar-refractivity contribution in [3.63, 3.8) is 0 Å². The van der Waals surface area contributed by atoms with Gasteiger partial charge in [0.15, 0.2) is 5.65 Å². The van der Waals surface area contributed by atoms with Crippen LogP contribution in [0, 0.1) is 6.92 Å². The lowest BCUT2D eigenvalue weighted by Crippen LogP contribution is -2.41. The Bertz CT molecular complexity index is 1450. The molecule has 0 atom stereocenters. The maximum Gasteiger partial charge on any atom is 0.410 e. The van der Waals surface area contributed by atoms with Crippen molar-refractivity contribution in [3.8, 4) is 11.3 Å². The number of aromatic nitrogens is 4. The van der Waals surface area contributed by atoms with Crippen LogP contribution >= 0.6 is 0 Å². The highest BCUT2D eigenvalue weighted by Crippen LogP contribution is 2.40. The largest absolute Gasteiger partial charge is 0.444 e. The maximum absolute atomic E-state index is 12.5. The van der Waals surface area contributed by atoms with Gasteiger partial charge in [-0.1, -0.05) is 26.8 Å². The SMILES string of the molecule is CCc1c(C)c(-c2[nH]c3ccc(C4CCN(C(=O)OC(C)(C)C)CC4)cc3c2C(C)C)cn2ncnc12. The second-order valence-electron chi connectivity index (χ2n) is 11.6. The van der Waals surface area contributed by atoms with E-state index in [9.17, 15) is 4.79 Å². The van der Waals surface area contributed by atoms with Crippen molar-refractivity contribution in [2.45, 2.75) is 85.2 Å². The predicted molar refractivity (Wildman–Crippen MR) is 148 cm³/mol. The minimum atomic E-state index is -0.465. The fourth-order valence-electron chi connectivity index (χ4n) is 5.80. The molecule has 1 fully saturated rings. The summed E-state index contributed by atoms with van der Waals surface area (Å²) >= 11 is 0. The molecule has 0 saturated carbocycles. The van der Waals surface area contributed by atoms with Crippen molar-refractivity contribution in [2.24, 2.45) is 0 Å². The van der Waals surface area contributed by atoms with E-state index in [0.717, 1.165) is 43.5 Å². The van der Waals surface area contributed by atoms with Crippen LogP contribution in [-0.4, -0.2) is 49.3 Å². The van der Waals surface area contributed by atoms with E-state index in [0.29, 0.717) is 11.8 Å². The first kappa shape index (κ1) is 25.3. The molecule has 1 amide bonds. The Labute approximate surface area is 219 Å². The van der Waals surface area contributed by atoms with Gasteiger partial charge in [-0.25, -0.2) is 14.3 Å². The number of H-pyrrole nitrogens is 1. The smallest absolute Gasteiger partial charge is 0.410 e. The fraction of sp³-hybridized carbons (Fsp3) is 0.500. The van der Waals surface area contributed by atoms with Crippen molar-refractivity contribution in [3.05, 3.63) is 53.0 Å². The second kappa shape index (κ2) is 9.51. The summed E-state index contributed by atoms with van der Waals surface area (Å²) in [5.41, 5.74) is 9.16. The summed E-state index contributed by atoms with van der Waals surface area (Å²) in [7, 11) is 0. The summed E-state index contributed by atoms with van der Waals surface area (Å²) in [4.78, 5) is 22.6. The first-order valence-corrected chi connectivity index (χ1v) is 13.5. The lowest BCUT2D eigenvalue weighted by atomic mass is 9.87. The van der Waals surface area contributed by atoms with E-state index in [1.54, 1.807) is 6.33 Å². The van der Waals surface area contributed by atoms with Gasteiger partial charge < -0.3 is 14.6 Å². The monoisotopic (exact) mass is 501 g/mol. The molecule has 37 heavy (non-hydrogen) atoms. The molecule has 0 unspecified atom stereocenters. The number of hydrogen-bond acceptors (Lipinski definition) is 4. The summed E-state index contributed by atoms with van der Waals surface area (Å²) in [5.74, 6) is 0.783. The van der Waals surface area contributed by atoms with Gasteiger partial charge in [0.05, 0.1) is 5.69 Å². The van der Waals surface area contributed by atoms with Gasteiger partial charge in [-0.15, -0.1) is 0 Å². The van der Waals surface area contributed by atoms with Crippen molar-refractivity contribution in [2.75, 3.05) is 13.1 Å². The van der Waals surface area contributed by atoms with E-state index < -0.39 is 5.60 Å². The lowest BCUT2D eigenvalue weighted by molar-refractivity contribution is 0.0205. The number of benzene rings is 1. The van der Waals surface area contributed by atoms with Gasteiger partial charge in [0, 0.05) is 41.3 Å². The molecule has 1 saturated heterocycles. The number of pyridine rings is 1. The van der Waals surface area contributed by atoms with E-state index in [2.05, 4.69) is 67.2 Å². The molecule has 1 aliphatic rings. The number of aromatic amines is 1. The van der Waals surface area contributed by atoms with Gasteiger partial charge >= 0.3 is 6.09 Å². The first-order chi connectivity index (χ1) is 17.6. The zero-order chi connectivity index (χ0) is 26.5. The number of likely N-dealkylation sites (tertiary alicyclic amines) is 1. The molecule has 196 valence electrons. The highest BCUT2D eigenvalue weighted by Gasteiger charge is 2.28. The Morgan fingerprint density at radius 2 is 1.95 bits per heavy atom. The molecule has 0 radical (unpaired) electrons. The van der Waals surface area contributed by atoms with Crippen molar-refractivity contribution in [1.29, 1.82) is 0 Å². The van der Waals surface area contributed by atoms with Crippen molar-refractivity contribution < 1.29 is 9.53 Å². The summed E-state index contributed by atoms with van der Waals surface area (Å²) in [5, 5.41) is 5.74. The Morgan fingerprint density at radius 3 is 2.59 bits per heavy atom. The van der Waals surface area contributed by atoms with Crippen LogP contribution in [0.1, 0.15) is 88.5 Å². The van der Waals surface area contributed by atoms with Crippen molar-refractivity contribution >= 4 is 22.6 Å². The number of nitrogens with one attached hydrogen (secondary N) is 1. The summed E-state index contributed by atoms with van der Waals surface area (Å²) < 4.78 is 7.49. The molecule has 1 aliphatic heterocycles. The third-order valence-electron chi connectivity index (χ3n) is 7.63. The number of ether oxygens (including phenoxy) is 1. The lowest BCUT2D eigenvalue weighted by Gasteiger charge is -2.33. The minimum Gasteiger partial charge on any atom is -0.444 e. The molecule has 0 spiro atoms. The predicted octanol–water partition coefficient (Wildman–Crippen LogP) is 6.99. The molecule has 1 N–H and O–H groups in total. The molecular weight excluding hydrogens is 462 g/mol. The molecule has 7 heteroatoms.